The zero-order chi connectivity index (χ0) is 24.6. The van der Waals surface area contributed by atoms with Crippen molar-refractivity contribution < 1.29 is 19.0 Å². The molecule has 2 aromatic heterocycles. The topological polar surface area (TPSA) is 112 Å². The van der Waals surface area contributed by atoms with Crippen LogP contribution in [-0.2, 0) is 4.79 Å². The number of nitrogens with one attached hydrogen (secondary N) is 2. The SMILES string of the molecule is COc1cc(/C=C/C(=O)Nc2ccc(Nc3ccc(-n4cccn4)nn3)cc2)cc(OC)c1OC. The molecule has 2 heterocycles. The first-order valence-electron chi connectivity index (χ1n) is 10.6. The molecule has 2 aromatic carbocycles. The minimum absolute atomic E-state index is 0.278. The first kappa shape index (κ1) is 23.3. The first-order valence-corrected chi connectivity index (χ1v) is 10.6. The fraction of sp³-hybridized carbons (Fsp3) is 0.120. The number of ether oxygens (including phenoxy) is 3. The van der Waals surface area contributed by atoms with E-state index in [1.807, 2.05) is 30.3 Å². The van der Waals surface area contributed by atoms with Crippen LogP contribution in [0.15, 0.2) is 73.1 Å². The Morgan fingerprint density at radius 2 is 1.63 bits per heavy atom. The summed E-state index contributed by atoms with van der Waals surface area (Å²) in [6.45, 7) is 0. The Bertz CT molecular complexity index is 1280. The molecule has 0 aliphatic carbocycles. The smallest absolute Gasteiger partial charge is 0.248 e. The van der Waals surface area contributed by atoms with Gasteiger partial charge in [-0.3, -0.25) is 4.79 Å². The molecule has 0 saturated carbocycles. The number of amides is 1. The molecule has 0 saturated heterocycles. The zero-order valence-corrected chi connectivity index (χ0v) is 19.4. The summed E-state index contributed by atoms with van der Waals surface area (Å²) >= 11 is 0. The van der Waals surface area contributed by atoms with E-state index in [9.17, 15) is 4.79 Å². The normalized spacial score (nSPS) is 10.7. The molecule has 0 spiro atoms. The van der Waals surface area contributed by atoms with E-state index in [1.165, 1.54) is 13.2 Å². The molecule has 0 aliphatic heterocycles. The summed E-state index contributed by atoms with van der Waals surface area (Å²) in [6.07, 6.45) is 6.58. The van der Waals surface area contributed by atoms with E-state index in [-0.39, 0.29) is 5.91 Å². The van der Waals surface area contributed by atoms with Crippen LogP contribution in [0.4, 0.5) is 17.2 Å². The number of nitrogens with zero attached hydrogens (tertiary/aromatic N) is 4. The van der Waals surface area contributed by atoms with Gasteiger partial charge in [-0.1, -0.05) is 0 Å². The van der Waals surface area contributed by atoms with Crippen molar-refractivity contribution >= 4 is 29.2 Å². The summed E-state index contributed by atoms with van der Waals surface area (Å²) in [7, 11) is 4.62. The molecule has 4 aromatic rings. The molecule has 10 heteroatoms. The van der Waals surface area contributed by atoms with Crippen LogP contribution in [0.5, 0.6) is 17.2 Å². The number of carbonyl (C=O) groups excluding carboxylic acids is 1. The van der Waals surface area contributed by atoms with Crippen molar-refractivity contribution in [3.8, 4) is 23.1 Å². The van der Waals surface area contributed by atoms with Crippen molar-refractivity contribution in [2.24, 2.45) is 0 Å². The van der Waals surface area contributed by atoms with E-state index < -0.39 is 0 Å². The lowest BCUT2D eigenvalue weighted by Crippen LogP contribution is -2.07. The van der Waals surface area contributed by atoms with Crippen LogP contribution in [-0.4, -0.2) is 47.2 Å². The lowest BCUT2D eigenvalue weighted by atomic mass is 10.1. The second kappa shape index (κ2) is 10.8. The molecule has 0 aliphatic rings. The van der Waals surface area contributed by atoms with E-state index in [0.717, 1.165) is 11.3 Å². The van der Waals surface area contributed by atoms with Crippen molar-refractivity contribution in [1.29, 1.82) is 0 Å². The van der Waals surface area contributed by atoms with Gasteiger partial charge in [0.2, 0.25) is 11.7 Å². The second-order valence-corrected chi connectivity index (χ2v) is 7.21. The molecule has 0 radical (unpaired) electrons. The first-order chi connectivity index (χ1) is 17.1. The highest BCUT2D eigenvalue weighted by Gasteiger charge is 2.12. The number of hydrogen-bond donors (Lipinski definition) is 2. The van der Waals surface area contributed by atoms with Crippen molar-refractivity contribution in [3.05, 3.63) is 78.6 Å². The molecular formula is C25H24N6O4. The quantitative estimate of drug-likeness (QED) is 0.351. The molecule has 4 rings (SSSR count). The number of methoxy groups -OCH3 is 3. The summed E-state index contributed by atoms with van der Waals surface area (Å²) in [6, 6.07) is 16.2. The minimum atomic E-state index is -0.278. The lowest BCUT2D eigenvalue weighted by Gasteiger charge is -2.12. The Kier molecular flexibility index (Phi) is 7.22. The molecule has 10 nitrogen and oxygen atoms in total. The summed E-state index contributed by atoms with van der Waals surface area (Å²) in [5, 5.41) is 18.4. The van der Waals surface area contributed by atoms with Crippen LogP contribution in [0.1, 0.15) is 5.56 Å². The van der Waals surface area contributed by atoms with Crippen molar-refractivity contribution in [1.82, 2.24) is 20.0 Å². The van der Waals surface area contributed by atoms with Crippen LogP contribution in [0.3, 0.4) is 0 Å². The van der Waals surface area contributed by atoms with Gasteiger partial charge in [-0.25, -0.2) is 4.68 Å². The maximum Gasteiger partial charge on any atom is 0.248 e. The number of aromatic nitrogens is 4. The highest BCUT2D eigenvalue weighted by atomic mass is 16.5. The van der Waals surface area contributed by atoms with Gasteiger partial charge in [-0.2, -0.15) is 5.10 Å². The minimum Gasteiger partial charge on any atom is -0.493 e. The molecule has 0 atom stereocenters. The zero-order valence-electron chi connectivity index (χ0n) is 19.4. The van der Waals surface area contributed by atoms with Gasteiger partial charge in [0, 0.05) is 29.8 Å². The number of benzene rings is 2. The van der Waals surface area contributed by atoms with Crippen molar-refractivity contribution in [2.45, 2.75) is 0 Å². The molecule has 178 valence electrons. The van der Waals surface area contributed by atoms with Gasteiger partial charge in [0.05, 0.1) is 21.3 Å². The summed E-state index contributed by atoms with van der Waals surface area (Å²) in [5.41, 5.74) is 2.18. The maximum absolute atomic E-state index is 12.4. The third kappa shape index (κ3) is 5.74. The Morgan fingerprint density at radius 3 is 2.20 bits per heavy atom. The summed E-state index contributed by atoms with van der Waals surface area (Å²) < 4.78 is 17.6. The van der Waals surface area contributed by atoms with E-state index in [0.29, 0.717) is 34.6 Å². The fourth-order valence-corrected chi connectivity index (χ4v) is 3.26. The third-order valence-corrected chi connectivity index (χ3v) is 4.93. The molecule has 0 bridgehead atoms. The van der Waals surface area contributed by atoms with E-state index in [2.05, 4.69) is 25.9 Å². The summed E-state index contributed by atoms with van der Waals surface area (Å²) in [5.74, 6) is 2.44. The van der Waals surface area contributed by atoms with Gasteiger partial charge in [-0.15, -0.1) is 10.2 Å². The van der Waals surface area contributed by atoms with Gasteiger partial charge >= 0.3 is 0 Å². The standard InChI is InChI=1S/C25H24N6O4/c1-33-20-15-17(16-21(34-2)25(20)35-3)5-12-24(32)28-19-8-6-18(7-9-19)27-22-10-11-23(30-29-22)31-14-4-13-26-31/h4-16H,1-3H3,(H,27,29)(H,28,32)/b12-5+. The number of carbonyl (C=O) groups is 1. The van der Waals surface area contributed by atoms with Crippen LogP contribution in [0.2, 0.25) is 0 Å². The molecule has 35 heavy (non-hydrogen) atoms. The van der Waals surface area contributed by atoms with Crippen molar-refractivity contribution in [2.75, 3.05) is 32.0 Å². The molecule has 0 unspecified atom stereocenters. The van der Waals surface area contributed by atoms with Gasteiger partial charge in [0.25, 0.3) is 0 Å². The van der Waals surface area contributed by atoms with Crippen LogP contribution < -0.4 is 24.8 Å². The van der Waals surface area contributed by atoms with Gasteiger partial charge in [0.15, 0.2) is 23.1 Å². The Balaban J connectivity index is 1.36. The number of hydrogen-bond acceptors (Lipinski definition) is 8. The summed E-state index contributed by atoms with van der Waals surface area (Å²) in [4.78, 5) is 12.4. The average Bonchev–Trinajstić information content (AvgIpc) is 3.43. The van der Waals surface area contributed by atoms with E-state index in [1.54, 1.807) is 61.6 Å². The molecule has 2 N–H and O–H groups in total. The molecular weight excluding hydrogens is 448 g/mol. The van der Waals surface area contributed by atoms with Crippen LogP contribution >= 0.6 is 0 Å². The van der Waals surface area contributed by atoms with Crippen molar-refractivity contribution in [3.63, 3.8) is 0 Å². The lowest BCUT2D eigenvalue weighted by molar-refractivity contribution is -0.111. The highest BCUT2D eigenvalue weighted by molar-refractivity contribution is 6.02. The number of rotatable bonds is 9. The Morgan fingerprint density at radius 1 is 0.914 bits per heavy atom. The molecule has 1 amide bonds. The van der Waals surface area contributed by atoms with Gasteiger partial charge in [-0.05, 0) is 66.2 Å². The molecule has 0 fully saturated rings. The van der Waals surface area contributed by atoms with Crippen LogP contribution in [0.25, 0.3) is 11.9 Å². The monoisotopic (exact) mass is 472 g/mol. The number of anilines is 3. The highest BCUT2D eigenvalue weighted by Crippen LogP contribution is 2.38. The fourth-order valence-electron chi connectivity index (χ4n) is 3.26. The predicted octanol–water partition coefficient (Wildman–Crippen LogP) is 4.08. The van der Waals surface area contributed by atoms with Gasteiger partial charge < -0.3 is 24.8 Å². The second-order valence-electron chi connectivity index (χ2n) is 7.21. The van der Waals surface area contributed by atoms with E-state index in [4.69, 9.17) is 14.2 Å². The third-order valence-electron chi connectivity index (χ3n) is 4.93. The largest absolute Gasteiger partial charge is 0.493 e. The Hall–Kier alpha value is -4.86. The Labute approximate surface area is 202 Å². The average molecular weight is 473 g/mol. The van der Waals surface area contributed by atoms with Gasteiger partial charge in [0.1, 0.15) is 0 Å². The van der Waals surface area contributed by atoms with E-state index >= 15 is 0 Å². The predicted molar refractivity (Wildman–Crippen MR) is 133 cm³/mol. The van der Waals surface area contributed by atoms with Crippen LogP contribution in [0, 0.1) is 0 Å². The maximum atomic E-state index is 12.4.